The lowest BCUT2D eigenvalue weighted by Crippen LogP contribution is -2.62. The highest BCUT2D eigenvalue weighted by molar-refractivity contribution is 5.67. The highest BCUT2D eigenvalue weighted by atomic mass is 16.6. The number of hydrogen-bond acceptors (Lipinski definition) is 4. The Hall–Kier alpha value is -1.59. The third-order valence-electron chi connectivity index (χ3n) is 4.36. The number of nitrogens with zero attached hydrogens (tertiary/aromatic N) is 3. The molecule has 5 heteroatoms. The lowest BCUT2D eigenvalue weighted by atomic mass is 10.1. The number of fused-ring (bicyclic) bond motifs is 1. The zero-order valence-electron chi connectivity index (χ0n) is 12.6. The van der Waals surface area contributed by atoms with Crippen molar-refractivity contribution in [3.63, 3.8) is 0 Å². The molecule has 0 radical (unpaired) electrons. The standard InChI is InChI=1S/C16H23N3O2/c1-17-7-8-18-9-10-19(12-15(18)11-17)16(20)21-13-14-5-3-2-4-6-14/h2-6,15H,7-13H2,1H3. The summed E-state index contributed by atoms with van der Waals surface area (Å²) in [5, 5.41) is 0. The Labute approximate surface area is 126 Å². The molecule has 0 aromatic heterocycles. The van der Waals surface area contributed by atoms with Crippen molar-refractivity contribution >= 4 is 6.09 Å². The Balaban J connectivity index is 1.51. The van der Waals surface area contributed by atoms with Crippen LogP contribution in [0.5, 0.6) is 0 Å². The first-order valence-corrected chi connectivity index (χ1v) is 7.60. The van der Waals surface area contributed by atoms with Crippen molar-refractivity contribution in [2.24, 2.45) is 0 Å². The molecule has 2 saturated heterocycles. The number of benzene rings is 1. The first kappa shape index (κ1) is 14.4. The van der Waals surface area contributed by atoms with E-state index in [-0.39, 0.29) is 6.09 Å². The van der Waals surface area contributed by atoms with Gasteiger partial charge in [-0.25, -0.2) is 4.79 Å². The lowest BCUT2D eigenvalue weighted by molar-refractivity contribution is 0.0134. The molecule has 114 valence electrons. The van der Waals surface area contributed by atoms with Gasteiger partial charge in [-0.15, -0.1) is 0 Å². The van der Waals surface area contributed by atoms with E-state index in [2.05, 4.69) is 16.8 Å². The van der Waals surface area contributed by atoms with Gasteiger partial charge < -0.3 is 14.5 Å². The molecule has 21 heavy (non-hydrogen) atoms. The van der Waals surface area contributed by atoms with E-state index in [1.807, 2.05) is 35.2 Å². The number of rotatable bonds is 2. The molecule has 0 aliphatic carbocycles. The van der Waals surface area contributed by atoms with Crippen molar-refractivity contribution in [2.45, 2.75) is 12.6 Å². The maximum atomic E-state index is 12.2. The molecule has 1 aromatic rings. The summed E-state index contributed by atoms with van der Waals surface area (Å²) in [5.74, 6) is 0. The van der Waals surface area contributed by atoms with Crippen molar-refractivity contribution in [3.05, 3.63) is 35.9 Å². The van der Waals surface area contributed by atoms with E-state index in [4.69, 9.17) is 4.74 Å². The molecule has 1 unspecified atom stereocenters. The average Bonchev–Trinajstić information content (AvgIpc) is 2.53. The number of hydrogen-bond donors (Lipinski definition) is 0. The van der Waals surface area contributed by atoms with Gasteiger partial charge in [0.05, 0.1) is 0 Å². The molecule has 1 atom stereocenters. The summed E-state index contributed by atoms with van der Waals surface area (Å²) >= 11 is 0. The largest absolute Gasteiger partial charge is 0.445 e. The molecule has 1 aromatic carbocycles. The van der Waals surface area contributed by atoms with Crippen LogP contribution in [0.15, 0.2) is 30.3 Å². The fourth-order valence-electron chi connectivity index (χ4n) is 3.09. The maximum absolute atomic E-state index is 12.2. The van der Waals surface area contributed by atoms with Crippen LogP contribution in [0.3, 0.4) is 0 Å². The van der Waals surface area contributed by atoms with Gasteiger partial charge >= 0.3 is 6.09 Å². The third-order valence-corrected chi connectivity index (χ3v) is 4.36. The second-order valence-electron chi connectivity index (χ2n) is 5.94. The molecule has 1 amide bonds. The molecule has 3 rings (SSSR count). The molecule has 2 aliphatic heterocycles. The number of likely N-dealkylation sites (N-methyl/N-ethyl adjacent to an activating group) is 1. The van der Waals surface area contributed by atoms with Gasteiger partial charge in [-0.2, -0.15) is 0 Å². The van der Waals surface area contributed by atoms with Crippen LogP contribution in [0.4, 0.5) is 4.79 Å². The average molecular weight is 289 g/mol. The van der Waals surface area contributed by atoms with Gasteiger partial charge in [-0.05, 0) is 12.6 Å². The first-order chi connectivity index (χ1) is 10.2. The number of ether oxygens (including phenoxy) is 1. The summed E-state index contributed by atoms with van der Waals surface area (Å²) in [6, 6.07) is 10.3. The van der Waals surface area contributed by atoms with Crippen LogP contribution in [-0.4, -0.2) is 73.2 Å². The highest BCUT2D eigenvalue weighted by Crippen LogP contribution is 2.15. The van der Waals surface area contributed by atoms with E-state index < -0.39 is 0 Å². The maximum Gasteiger partial charge on any atom is 0.410 e. The van der Waals surface area contributed by atoms with Gasteiger partial charge in [0.25, 0.3) is 0 Å². The summed E-state index contributed by atoms with van der Waals surface area (Å²) in [4.78, 5) is 18.9. The monoisotopic (exact) mass is 289 g/mol. The Kier molecular flexibility index (Phi) is 4.41. The van der Waals surface area contributed by atoms with Gasteiger partial charge in [-0.3, -0.25) is 4.90 Å². The highest BCUT2D eigenvalue weighted by Gasteiger charge is 2.33. The fraction of sp³-hybridized carbons (Fsp3) is 0.562. The zero-order chi connectivity index (χ0) is 14.7. The van der Waals surface area contributed by atoms with Crippen LogP contribution in [-0.2, 0) is 11.3 Å². The van der Waals surface area contributed by atoms with Crippen LogP contribution < -0.4 is 0 Å². The van der Waals surface area contributed by atoms with Gasteiger partial charge in [0.15, 0.2) is 0 Å². The molecule has 2 aliphatic rings. The molecule has 0 saturated carbocycles. The van der Waals surface area contributed by atoms with Crippen molar-refractivity contribution in [1.29, 1.82) is 0 Å². The SMILES string of the molecule is CN1CCN2CCN(C(=O)OCc3ccccc3)CC2C1. The molecule has 0 spiro atoms. The second kappa shape index (κ2) is 6.45. The van der Waals surface area contributed by atoms with Crippen LogP contribution in [0.2, 0.25) is 0 Å². The number of carbonyl (C=O) groups excluding carboxylic acids is 1. The normalized spacial score (nSPS) is 23.7. The molecule has 5 nitrogen and oxygen atoms in total. The minimum Gasteiger partial charge on any atom is -0.445 e. The van der Waals surface area contributed by atoms with Crippen LogP contribution >= 0.6 is 0 Å². The van der Waals surface area contributed by atoms with Gasteiger partial charge in [0.2, 0.25) is 0 Å². The minimum atomic E-state index is -0.188. The van der Waals surface area contributed by atoms with E-state index in [0.717, 1.165) is 44.8 Å². The van der Waals surface area contributed by atoms with Crippen LogP contribution in [0.25, 0.3) is 0 Å². The molecule has 0 N–H and O–H groups in total. The topological polar surface area (TPSA) is 36.0 Å². The van der Waals surface area contributed by atoms with Crippen molar-refractivity contribution in [3.8, 4) is 0 Å². The summed E-state index contributed by atoms with van der Waals surface area (Å²) in [5.41, 5.74) is 1.03. The lowest BCUT2D eigenvalue weighted by Gasteiger charge is -2.46. The Morgan fingerprint density at radius 1 is 1.14 bits per heavy atom. The van der Waals surface area contributed by atoms with Gasteiger partial charge in [-0.1, -0.05) is 30.3 Å². The first-order valence-electron chi connectivity index (χ1n) is 7.60. The molecular weight excluding hydrogens is 266 g/mol. The molecule has 0 bridgehead atoms. The Bertz CT molecular complexity index is 480. The Morgan fingerprint density at radius 3 is 2.71 bits per heavy atom. The van der Waals surface area contributed by atoms with Crippen molar-refractivity contribution in [1.82, 2.24) is 14.7 Å². The molecule has 2 heterocycles. The molecule has 2 fully saturated rings. The smallest absolute Gasteiger partial charge is 0.410 e. The quantitative estimate of drug-likeness (QED) is 0.821. The van der Waals surface area contributed by atoms with E-state index in [1.165, 1.54) is 0 Å². The predicted molar refractivity (Wildman–Crippen MR) is 81.1 cm³/mol. The third kappa shape index (κ3) is 3.54. The van der Waals surface area contributed by atoms with E-state index in [0.29, 0.717) is 12.6 Å². The summed E-state index contributed by atoms with van der Waals surface area (Å²) in [6.45, 7) is 6.11. The van der Waals surface area contributed by atoms with E-state index >= 15 is 0 Å². The van der Waals surface area contributed by atoms with Crippen LogP contribution in [0, 0.1) is 0 Å². The second-order valence-corrected chi connectivity index (χ2v) is 5.94. The summed E-state index contributed by atoms with van der Waals surface area (Å²) in [7, 11) is 2.14. The summed E-state index contributed by atoms with van der Waals surface area (Å²) in [6.07, 6.45) is -0.188. The van der Waals surface area contributed by atoms with Gasteiger partial charge in [0, 0.05) is 45.3 Å². The predicted octanol–water partition coefficient (Wildman–Crippen LogP) is 1.25. The van der Waals surface area contributed by atoms with Gasteiger partial charge in [0.1, 0.15) is 6.61 Å². The number of amides is 1. The Morgan fingerprint density at radius 2 is 1.90 bits per heavy atom. The van der Waals surface area contributed by atoms with Crippen LogP contribution in [0.1, 0.15) is 5.56 Å². The van der Waals surface area contributed by atoms with Crippen molar-refractivity contribution < 1.29 is 9.53 Å². The van der Waals surface area contributed by atoms with Crippen molar-refractivity contribution in [2.75, 3.05) is 46.3 Å². The number of piperazine rings is 2. The summed E-state index contributed by atoms with van der Waals surface area (Å²) < 4.78 is 5.43. The molecular formula is C16H23N3O2. The fourth-order valence-corrected chi connectivity index (χ4v) is 3.09. The number of carbonyl (C=O) groups is 1. The van der Waals surface area contributed by atoms with E-state index in [1.54, 1.807) is 0 Å². The van der Waals surface area contributed by atoms with E-state index in [9.17, 15) is 4.79 Å². The zero-order valence-corrected chi connectivity index (χ0v) is 12.6. The minimum absolute atomic E-state index is 0.188.